The Kier molecular flexibility index (Phi) is 9.09. The van der Waals surface area contributed by atoms with Crippen LogP contribution in [0.3, 0.4) is 0 Å². The first kappa shape index (κ1) is 17.8. The zero-order valence-corrected chi connectivity index (χ0v) is 12.9. The van der Waals surface area contributed by atoms with E-state index in [4.69, 9.17) is 23.2 Å². The van der Waals surface area contributed by atoms with Crippen molar-refractivity contribution in [2.45, 2.75) is 27.7 Å². The largest absolute Gasteiger partial charge is 0.263 e. The van der Waals surface area contributed by atoms with Gasteiger partial charge in [0.05, 0.1) is 10.0 Å². The molecule has 19 heavy (non-hydrogen) atoms. The summed E-state index contributed by atoms with van der Waals surface area (Å²) in [5.74, 6) is -0.489. The van der Waals surface area contributed by atoms with Crippen LogP contribution in [0.1, 0.15) is 25.0 Å². The van der Waals surface area contributed by atoms with E-state index in [2.05, 4.69) is 9.97 Å². The van der Waals surface area contributed by atoms with Crippen molar-refractivity contribution in [1.82, 2.24) is 9.97 Å². The normalized spacial score (nSPS) is 8.79. The molecule has 0 aliphatic carbocycles. The minimum atomic E-state index is -0.489. The lowest BCUT2D eigenvalue weighted by Crippen LogP contribution is -1.82. The highest BCUT2D eigenvalue weighted by molar-refractivity contribution is 6.31. The Morgan fingerprint density at radius 2 is 1.58 bits per heavy atom. The minimum absolute atomic E-state index is 0.489. The van der Waals surface area contributed by atoms with Crippen molar-refractivity contribution in [2.75, 3.05) is 0 Å². The van der Waals surface area contributed by atoms with E-state index in [-0.39, 0.29) is 0 Å². The Morgan fingerprint density at radius 1 is 1.00 bits per heavy atom. The maximum Gasteiger partial charge on any atom is 0.213 e. The molecule has 2 rings (SSSR count). The summed E-state index contributed by atoms with van der Waals surface area (Å²) in [5.41, 5.74) is 1.78. The first-order valence-corrected chi connectivity index (χ1v) is 6.60. The Hall–Kier alpha value is -1.19. The number of pyridine rings is 2. The Bertz CT molecular complexity index is 484. The molecule has 0 unspecified atom stereocenters. The molecule has 0 atom stereocenters. The molecule has 0 saturated heterocycles. The highest BCUT2D eigenvalue weighted by Crippen LogP contribution is 2.12. The smallest absolute Gasteiger partial charge is 0.213 e. The van der Waals surface area contributed by atoms with E-state index >= 15 is 0 Å². The van der Waals surface area contributed by atoms with Crippen molar-refractivity contribution in [3.05, 3.63) is 57.8 Å². The van der Waals surface area contributed by atoms with Crippen molar-refractivity contribution < 1.29 is 4.39 Å². The molecule has 104 valence electrons. The number of aryl methyl sites for hydroxylation is 2. The number of halogens is 3. The van der Waals surface area contributed by atoms with E-state index in [1.54, 1.807) is 19.3 Å². The van der Waals surface area contributed by atoms with Gasteiger partial charge in [0.2, 0.25) is 5.95 Å². The number of hydrogen-bond donors (Lipinski definition) is 0. The first-order valence-electron chi connectivity index (χ1n) is 5.84. The fraction of sp³-hybridized carbons (Fsp3) is 0.286. The van der Waals surface area contributed by atoms with Crippen LogP contribution in [0.2, 0.25) is 10.0 Å². The molecule has 2 aromatic heterocycles. The van der Waals surface area contributed by atoms with Crippen LogP contribution in [0.5, 0.6) is 0 Å². The molecule has 0 aromatic carbocycles. The highest BCUT2D eigenvalue weighted by Gasteiger charge is 1.95. The van der Waals surface area contributed by atoms with Gasteiger partial charge in [0, 0.05) is 18.6 Å². The average molecular weight is 303 g/mol. The van der Waals surface area contributed by atoms with Gasteiger partial charge in [-0.2, -0.15) is 4.39 Å². The van der Waals surface area contributed by atoms with Crippen LogP contribution in [-0.4, -0.2) is 9.97 Å². The fourth-order valence-electron chi connectivity index (χ4n) is 0.950. The molecule has 0 aliphatic rings. The number of aromatic nitrogens is 2. The molecule has 2 nitrogen and oxygen atoms in total. The standard InChI is InChI=1S/C6H5ClFN.C6H6ClN.C2H6/c1-4-2-6(8)9-3-5(4)7;1-5-2-3-8-4-6(5)7;1-2/h2-3H,1H3;2-4H,1H3;1-2H3. The van der Waals surface area contributed by atoms with Gasteiger partial charge < -0.3 is 0 Å². The monoisotopic (exact) mass is 302 g/mol. The minimum Gasteiger partial charge on any atom is -0.263 e. The molecule has 0 saturated carbocycles. The molecule has 2 heterocycles. The van der Waals surface area contributed by atoms with E-state index in [1.807, 2.05) is 26.8 Å². The summed E-state index contributed by atoms with van der Waals surface area (Å²) in [6.45, 7) is 7.68. The van der Waals surface area contributed by atoms with E-state index < -0.39 is 5.95 Å². The van der Waals surface area contributed by atoms with E-state index in [9.17, 15) is 4.39 Å². The van der Waals surface area contributed by atoms with Crippen LogP contribution in [0.25, 0.3) is 0 Å². The molecular formula is C14H17Cl2FN2. The predicted octanol–water partition coefficient (Wildman–Crippen LogP) is 5.25. The van der Waals surface area contributed by atoms with E-state index in [0.717, 1.165) is 10.6 Å². The van der Waals surface area contributed by atoms with Crippen LogP contribution in [0.15, 0.2) is 30.7 Å². The van der Waals surface area contributed by atoms with Crippen LogP contribution < -0.4 is 0 Å². The molecule has 0 fully saturated rings. The van der Waals surface area contributed by atoms with Crippen LogP contribution in [0, 0.1) is 19.8 Å². The Balaban J connectivity index is 0.000000303. The molecule has 5 heteroatoms. The van der Waals surface area contributed by atoms with Gasteiger partial charge in [-0.15, -0.1) is 0 Å². The molecular weight excluding hydrogens is 286 g/mol. The SMILES string of the molecule is CC.Cc1cc(F)ncc1Cl.Cc1ccncc1Cl. The van der Waals surface area contributed by atoms with Crippen molar-refractivity contribution in [3.63, 3.8) is 0 Å². The molecule has 0 N–H and O–H groups in total. The molecule has 0 amide bonds. The summed E-state index contributed by atoms with van der Waals surface area (Å²) in [6.07, 6.45) is 4.66. The molecule has 2 aromatic rings. The average Bonchev–Trinajstić information content (AvgIpc) is 2.41. The number of hydrogen-bond acceptors (Lipinski definition) is 2. The number of nitrogens with zero attached hydrogens (tertiary/aromatic N) is 2. The Labute approximate surface area is 123 Å². The second-order valence-electron chi connectivity index (χ2n) is 3.38. The molecule has 0 radical (unpaired) electrons. The second-order valence-corrected chi connectivity index (χ2v) is 4.20. The van der Waals surface area contributed by atoms with Gasteiger partial charge in [-0.1, -0.05) is 37.0 Å². The molecule has 0 bridgehead atoms. The van der Waals surface area contributed by atoms with Gasteiger partial charge in [0.1, 0.15) is 0 Å². The third-order valence-corrected chi connectivity index (χ3v) is 2.78. The van der Waals surface area contributed by atoms with Crippen molar-refractivity contribution in [3.8, 4) is 0 Å². The van der Waals surface area contributed by atoms with Gasteiger partial charge in [-0.3, -0.25) is 4.98 Å². The lowest BCUT2D eigenvalue weighted by atomic mass is 10.3. The zero-order valence-electron chi connectivity index (χ0n) is 11.4. The zero-order chi connectivity index (χ0) is 14.8. The third kappa shape index (κ3) is 7.09. The maximum absolute atomic E-state index is 12.2. The lowest BCUT2D eigenvalue weighted by Gasteiger charge is -1.93. The fourth-order valence-corrected chi connectivity index (χ4v) is 1.17. The van der Waals surface area contributed by atoms with Gasteiger partial charge >= 0.3 is 0 Å². The van der Waals surface area contributed by atoms with Crippen molar-refractivity contribution in [1.29, 1.82) is 0 Å². The maximum atomic E-state index is 12.2. The third-order valence-electron chi connectivity index (χ3n) is 1.99. The summed E-state index contributed by atoms with van der Waals surface area (Å²) in [6, 6.07) is 3.17. The first-order chi connectivity index (χ1) is 9.00. The molecule has 0 aliphatic heterocycles. The van der Waals surface area contributed by atoms with Crippen LogP contribution in [0.4, 0.5) is 4.39 Å². The van der Waals surface area contributed by atoms with Gasteiger partial charge in [-0.05, 0) is 37.1 Å². The van der Waals surface area contributed by atoms with Gasteiger partial charge in [0.25, 0.3) is 0 Å². The van der Waals surface area contributed by atoms with Crippen LogP contribution >= 0.6 is 23.2 Å². The van der Waals surface area contributed by atoms with Crippen molar-refractivity contribution in [2.24, 2.45) is 0 Å². The summed E-state index contributed by atoms with van der Waals surface area (Å²) in [7, 11) is 0. The topological polar surface area (TPSA) is 25.8 Å². The summed E-state index contributed by atoms with van der Waals surface area (Å²) in [4.78, 5) is 7.15. The predicted molar refractivity (Wildman–Crippen MR) is 79.3 cm³/mol. The summed E-state index contributed by atoms with van der Waals surface area (Å²) < 4.78 is 12.2. The quantitative estimate of drug-likeness (QED) is 0.621. The van der Waals surface area contributed by atoms with E-state index in [0.29, 0.717) is 10.6 Å². The second kappa shape index (κ2) is 9.70. The van der Waals surface area contributed by atoms with Gasteiger partial charge in [-0.25, -0.2) is 4.98 Å². The Morgan fingerprint density at radius 3 is 1.95 bits per heavy atom. The molecule has 0 spiro atoms. The summed E-state index contributed by atoms with van der Waals surface area (Å²) in [5, 5.41) is 1.23. The van der Waals surface area contributed by atoms with Crippen molar-refractivity contribution >= 4 is 23.2 Å². The lowest BCUT2D eigenvalue weighted by molar-refractivity contribution is 0.582. The summed E-state index contributed by atoms with van der Waals surface area (Å²) >= 11 is 11.2. The number of rotatable bonds is 0. The highest BCUT2D eigenvalue weighted by atomic mass is 35.5. The van der Waals surface area contributed by atoms with Gasteiger partial charge in [0.15, 0.2) is 0 Å². The van der Waals surface area contributed by atoms with Crippen LogP contribution in [-0.2, 0) is 0 Å². The van der Waals surface area contributed by atoms with E-state index in [1.165, 1.54) is 12.3 Å².